The molecule has 1 N–H and O–H groups in total. The maximum atomic E-state index is 12.3. The predicted molar refractivity (Wildman–Crippen MR) is 92.1 cm³/mol. The molecule has 0 aliphatic heterocycles. The first-order valence-electron chi connectivity index (χ1n) is 7.19. The third kappa shape index (κ3) is 5.59. The van der Waals surface area contributed by atoms with Crippen LogP contribution >= 0.6 is 11.8 Å². The number of nitrogens with zero attached hydrogens (tertiary/aromatic N) is 1. The molecule has 0 atom stereocenters. The highest BCUT2D eigenvalue weighted by Gasteiger charge is 2.14. The van der Waals surface area contributed by atoms with E-state index in [0.717, 1.165) is 6.07 Å². The molecule has 2 aromatic rings. The van der Waals surface area contributed by atoms with E-state index >= 15 is 0 Å². The van der Waals surface area contributed by atoms with Gasteiger partial charge in [-0.05, 0) is 30.3 Å². The van der Waals surface area contributed by atoms with Crippen LogP contribution in [-0.2, 0) is 4.79 Å². The first-order valence-corrected chi connectivity index (χ1v) is 8.07. The number of thioether (sulfide) groups is 1. The summed E-state index contributed by atoms with van der Waals surface area (Å²) in [6.45, 7) is -0.412. The minimum Gasteiger partial charge on any atom is -0.493 e. The summed E-state index contributed by atoms with van der Waals surface area (Å²) >= 11 is 0.402. The van der Waals surface area contributed by atoms with E-state index in [1.165, 1.54) is 43.5 Å². The first-order chi connectivity index (χ1) is 12.4. The van der Waals surface area contributed by atoms with Gasteiger partial charge in [0.2, 0.25) is 0 Å². The maximum absolute atomic E-state index is 12.3. The summed E-state index contributed by atoms with van der Waals surface area (Å²) < 4.78 is 34.8. The van der Waals surface area contributed by atoms with Gasteiger partial charge >= 0.3 is 0 Å². The number of nitro groups is 1. The molecule has 0 aliphatic carbocycles. The van der Waals surface area contributed by atoms with Crippen LogP contribution in [-0.4, -0.2) is 30.3 Å². The van der Waals surface area contributed by atoms with E-state index in [1.54, 1.807) is 0 Å². The van der Waals surface area contributed by atoms with Crippen molar-refractivity contribution in [2.24, 2.45) is 0 Å². The molecule has 138 valence electrons. The van der Waals surface area contributed by atoms with Gasteiger partial charge in [-0.2, -0.15) is 8.78 Å². The van der Waals surface area contributed by atoms with Crippen LogP contribution in [0.1, 0.15) is 0 Å². The van der Waals surface area contributed by atoms with Crippen molar-refractivity contribution < 1.29 is 28.0 Å². The molecule has 0 radical (unpaired) electrons. The average Bonchev–Trinajstić information content (AvgIpc) is 2.60. The number of hydrogen-bond acceptors (Lipinski definition) is 6. The number of rotatable bonds is 8. The van der Waals surface area contributed by atoms with Crippen molar-refractivity contribution in [2.45, 2.75) is 10.7 Å². The predicted octanol–water partition coefficient (Wildman–Crippen LogP) is 3.94. The highest BCUT2D eigenvalue weighted by Crippen LogP contribution is 2.31. The number of halogens is 2. The van der Waals surface area contributed by atoms with Crippen molar-refractivity contribution in [3.63, 3.8) is 0 Å². The smallest absolute Gasteiger partial charge is 0.288 e. The minimum atomic E-state index is -2.52. The minimum absolute atomic E-state index is 0.0560. The first kappa shape index (κ1) is 19.4. The number of ether oxygens (including phenoxy) is 2. The van der Waals surface area contributed by atoms with E-state index in [9.17, 15) is 23.7 Å². The molecule has 0 aromatic heterocycles. The largest absolute Gasteiger partial charge is 0.493 e. The normalized spacial score (nSPS) is 10.5. The van der Waals surface area contributed by atoms with Gasteiger partial charge in [0, 0.05) is 16.6 Å². The lowest BCUT2D eigenvalue weighted by molar-refractivity contribution is -0.385. The van der Waals surface area contributed by atoms with Crippen molar-refractivity contribution in [1.82, 2.24) is 0 Å². The van der Waals surface area contributed by atoms with Crippen LogP contribution in [0.3, 0.4) is 0 Å². The molecule has 0 unspecified atom stereocenters. The Morgan fingerprint density at radius 3 is 2.50 bits per heavy atom. The quantitative estimate of drug-likeness (QED) is 0.421. The van der Waals surface area contributed by atoms with Crippen molar-refractivity contribution in [3.8, 4) is 11.5 Å². The lowest BCUT2D eigenvalue weighted by Crippen LogP contribution is -2.20. The van der Waals surface area contributed by atoms with E-state index in [4.69, 9.17) is 9.47 Å². The summed E-state index contributed by atoms with van der Waals surface area (Å²) in [5.74, 6) is -2.74. The molecule has 7 nitrogen and oxygen atoms in total. The summed E-state index contributed by atoms with van der Waals surface area (Å²) in [6, 6.07) is 9.65. The lowest BCUT2D eigenvalue weighted by Gasteiger charge is -2.11. The second-order valence-electron chi connectivity index (χ2n) is 4.83. The van der Waals surface area contributed by atoms with Gasteiger partial charge in [-0.25, -0.2) is 0 Å². The van der Waals surface area contributed by atoms with E-state index in [1.807, 2.05) is 0 Å². The number of carbonyl (C=O) groups excluding carboxylic acids is 1. The Kier molecular flexibility index (Phi) is 6.73. The van der Waals surface area contributed by atoms with E-state index in [2.05, 4.69) is 5.32 Å². The molecule has 0 fully saturated rings. The van der Waals surface area contributed by atoms with Crippen LogP contribution < -0.4 is 14.8 Å². The fraction of sp³-hybridized carbons (Fsp3) is 0.188. The molecule has 0 aliphatic rings. The zero-order valence-electron chi connectivity index (χ0n) is 13.5. The Labute approximate surface area is 151 Å². The van der Waals surface area contributed by atoms with Crippen LogP contribution in [0.4, 0.5) is 20.2 Å². The number of alkyl halides is 2. The Bertz CT molecular complexity index is 787. The second kappa shape index (κ2) is 8.99. The summed E-state index contributed by atoms with van der Waals surface area (Å²) in [6.07, 6.45) is 0. The number of methoxy groups -OCH3 is 1. The molecule has 26 heavy (non-hydrogen) atoms. The van der Waals surface area contributed by atoms with Gasteiger partial charge in [0.25, 0.3) is 17.4 Å². The molecule has 10 heteroatoms. The number of nitrogens with one attached hydrogen (secondary N) is 1. The molecule has 0 saturated carbocycles. The molecule has 2 aromatic carbocycles. The Hall–Kier alpha value is -2.88. The lowest BCUT2D eigenvalue weighted by atomic mass is 10.3. The number of carbonyl (C=O) groups is 1. The standard InChI is InChI=1S/C16H14F2N2O5S/c1-24-13-7-4-11(20(22)23)8-14(13)25-9-15(21)19-10-2-5-12(6-3-10)26-16(17)18/h2-8,16H,9H2,1H3,(H,19,21). The zero-order chi connectivity index (χ0) is 19.1. The topological polar surface area (TPSA) is 90.7 Å². The summed E-state index contributed by atoms with van der Waals surface area (Å²) in [5, 5.41) is 13.3. The SMILES string of the molecule is COc1ccc([N+](=O)[O-])cc1OCC(=O)Nc1ccc(SC(F)F)cc1. The Balaban J connectivity index is 1.96. The Morgan fingerprint density at radius 1 is 1.23 bits per heavy atom. The molecular weight excluding hydrogens is 370 g/mol. The fourth-order valence-corrected chi connectivity index (χ4v) is 2.45. The summed E-state index contributed by atoms with van der Waals surface area (Å²) in [4.78, 5) is 22.5. The van der Waals surface area contributed by atoms with Crippen LogP contribution in [0.25, 0.3) is 0 Å². The van der Waals surface area contributed by atoms with Crippen LogP contribution in [0.5, 0.6) is 11.5 Å². The van der Waals surface area contributed by atoms with Crippen LogP contribution in [0.2, 0.25) is 0 Å². The van der Waals surface area contributed by atoms with E-state index in [0.29, 0.717) is 22.3 Å². The van der Waals surface area contributed by atoms with Gasteiger partial charge in [-0.3, -0.25) is 14.9 Å². The number of amides is 1. The number of anilines is 1. The van der Waals surface area contributed by atoms with Crippen molar-refractivity contribution >= 4 is 29.0 Å². The summed E-state index contributed by atoms with van der Waals surface area (Å²) in [5.41, 5.74) is 0.205. The van der Waals surface area contributed by atoms with Crippen molar-refractivity contribution in [1.29, 1.82) is 0 Å². The molecule has 0 bridgehead atoms. The van der Waals surface area contributed by atoms with Crippen LogP contribution in [0.15, 0.2) is 47.4 Å². The third-order valence-corrected chi connectivity index (χ3v) is 3.80. The van der Waals surface area contributed by atoms with Gasteiger partial charge in [0.1, 0.15) is 0 Å². The highest BCUT2D eigenvalue weighted by molar-refractivity contribution is 7.99. The molecule has 1 amide bonds. The van der Waals surface area contributed by atoms with Crippen LogP contribution in [0, 0.1) is 10.1 Å². The number of non-ortho nitro benzene ring substituents is 1. The van der Waals surface area contributed by atoms with Gasteiger partial charge in [-0.1, -0.05) is 11.8 Å². The fourth-order valence-electron chi connectivity index (χ4n) is 1.95. The maximum Gasteiger partial charge on any atom is 0.288 e. The molecule has 0 heterocycles. The number of benzene rings is 2. The third-order valence-electron chi connectivity index (χ3n) is 3.08. The Morgan fingerprint density at radius 2 is 1.92 bits per heavy atom. The average molecular weight is 384 g/mol. The molecule has 0 spiro atoms. The van der Waals surface area contributed by atoms with Gasteiger partial charge in [0.05, 0.1) is 18.1 Å². The van der Waals surface area contributed by atoms with Gasteiger partial charge in [-0.15, -0.1) is 0 Å². The second-order valence-corrected chi connectivity index (χ2v) is 5.90. The van der Waals surface area contributed by atoms with Crippen molar-refractivity contribution in [3.05, 3.63) is 52.6 Å². The van der Waals surface area contributed by atoms with E-state index in [-0.39, 0.29) is 17.2 Å². The van der Waals surface area contributed by atoms with Gasteiger partial charge in [0.15, 0.2) is 18.1 Å². The number of hydrogen-bond donors (Lipinski definition) is 1. The molecule has 0 saturated heterocycles. The molecule has 2 rings (SSSR count). The highest BCUT2D eigenvalue weighted by atomic mass is 32.2. The van der Waals surface area contributed by atoms with Gasteiger partial charge < -0.3 is 14.8 Å². The number of nitro benzene ring substituents is 1. The summed E-state index contributed by atoms with van der Waals surface area (Å²) in [7, 11) is 1.37. The monoisotopic (exact) mass is 384 g/mol. The van der Waals surface area contributed by atoms with Crippen molar-refractivity contribution in [2.75, 3.05) is 19.0 Å². The molecular formula is C16H14F2N2O5S. The van der Waals surface area contributed by atoms with E-state index < -0.39 is 23.2 Å². The zero-order valence-corrected chi connectivity index (χ0v) is 14.3.